The number of amides is 1. The molecule has 8 nitrogen and oxygen atoms in total. The summed E-state index contributed by atoms with van der Waals surface area (Å²) in [4.78, 5) is 16.7. The van der Waals surface area contributed by atoms with E-state index in [-0.39, 0.29) is 12.5 Å². The number of nitrogens with zero attached hydrogens (tertiary/aromatic N) is 4. The maximum atomic E-state index is 12.7. The molecule has 0 bridgehead atoms. The third kappa shape index (κ3) is 5.17. The lowest BCUT2D eigenvalue weighted by Crippen LogP contribution is -2.50. The number of fused-ring (bicyclic) bond motifs is 1. The first-order valence-electron chi connectivity index (χ1n) is 11.8. The van der Waals surface area contributed by atoms with Gasteiger partial charge in [0.1, 0.15) is 17.2 Å². The molecular weight excluding hydrogens is 456 g/mol. The van der Waals surface area contributed by atoms with Crippen LogP contribution in [0.3, 0.4) is 0 Å². The van der Waals surface area contributed by atoms with Crippen molar-refractivity contribution in [3.63, 3.8) is 0 Å². The van der Waals surface area contributed by atoms with Gasteiger partial charge in [0.25, 0.3) is 5.91 Å². The molecule has 0 unspecified atom stereocenters. The molecule has 0 saturated carbocycles. The Morgan fingerprint density at radius 1 is 0.778 bits per heavy atom. The Bertz CT molecular complexity index is 1330. The number of carbonyl (C=O) groups excluding carboxylic acids is 1. The summed E-state index contributed by atoms with van der Waals surface area (Å²) in [7, 11) is 3.15. The molecule has 0 spiro atoms. The summed E-state index contributed by atoms with van der Waals surface area (Å²) >= 11 is 0. The monoisotopic (exact) mass is 484 g/mol. The van der Waals surface area contributed by atoms with E-state index in [2.05, 4.69) is 45.4 Å². The van der Waals surface area contributed by atoms with Gasteiger partial charge in [-0.25, -0.2) is 0 Å². The normalized spacial score (nSPS) is 13.5. The average molecular weight is 485 g/mol. The van der Waals surface area contributed by atoms with E-state index < -0.39 is 0 Å². The van der Waals surface area contributed by atoms with Crippen molar-refractivity contribution in [3.05, 3.63) is 72.8 Å². The summed E-state index contributed by atoms with van der Waals surface area (Å²) in [5.74, 6) is 2.50. The Balaban J connectivity index is 1.16. The zero-order valence-electron chi connectivity index (χ0n) is 20.4. The van der Waals surface area contributed by atoms with Crippen LogP contribution in [0.5, 0.6) is 17.2 Å². The highest BCUT2D eigenvalue weighted by Gasteiger charge is 2.22. The minimum atomic E-state index is -0.0610. The van der Waals surface area contributed by atoms with Crippen molar-refractivity contribution >= 4 is 22.5 Å². The van der Waals surface area contributed by atoms with Gasteiger partial charge >= 0.3 is 0 Å². The highest BCUT2D eigenvalue weighted by Crippen LogP contribution is 2.28. The number of anilines is 1. The van der Waals surface area contributed by atoms with Crippen molar-refractivity contribution < 1.29 is 19.0 Å². The molecule has 0 atom stereocenters. The molecule has 8 heteroatoms. The Morgan fingerprint density at radius 3 is 2.14 bits per heavy atom. The molecule has 4 aromatic rings. The van der Waals surface area contributed by atoms with Crippen LogP contribution in [-0.4, -0.2) is 68.0 Å². The summed E-state index contributed by atoms with van der Waals surface area (Å²) in [6, 6.07) is 23.8. The Kier molecular flexibility index (Phi) is 6.84. The molecule has 1 aromatic heterocycles. The van der Waals surface area contributed by atoms with Crippen molar-refractivity contribution in [1.82, 2.24) is 15.1 Å². The van der Waals surface area contributed by atoms with E-state index in [1.54, 1.807) is 32.4 Å². The van der Waals surface area contributed by atoms with Crippen molar-refractivity contribution in [3.8, 4) is 28.5 Å². The molecule has 1 aliphatic rings. The summed E-state index contributed by atoms with van der Waals surface area (Å²) in [5.41, 5.74) is 1.88. The standard InChI is InChI=1S/C28H28N4O4/c1-34-23-16-24(35-2)18-25(17-23)36-19-28(33)32-13-11-31(12-14-32)27-10-9-26(29-30-27)22-8-7-20-5-3-4-6-21(20)15-22/h3-10,15-18H,11-14,19H2,1-2H3. The van der Waals surface area contributed by atoms with Crippen LogP contribution in [-0.2, 0) is 4.79 Å². The number of benzene rings is 3. The van der Waals surface area contributed by atoms with E-state index in [4.69, 9.17) is 14.2 Å². The van der Waals surface area contributed by atoms with E-state index >= 15 is 0 Å². The molecule has 0 N–H and O–H groups in total. The average Bonchev–Trinajstić information content (AvgIpc) is 2.95. The molecule has 184 valence electrons. The lowest BCUT2D eigenvalue weighted by atomic mass is 10.1. The van der Waals surface area contributed by atoms with Gasteiger partial charge in [0.15, 0.2) is 12.4 Å². The number of methoxy groups -OCH3 is 2. The molecule has 1 fully saturated rings. The lowest BCUT2D eigenvalue weighted by molar-refractivity contribution is -0.133. The van der Waals surface area contributed by atoms with Crippen LogP contribution in [0.25, 0.3) is 22.0 Å². The zero-order valence-corrected chi connectivity index (χ0v) is 20.4. The zero-order chi connectivity index (χ0) is 24.9. The van der Waals surface area contributed by atoms with Gasteiger partial charge in [-0.2, -0.15) is 0 Å². The van der Waals surface area contributed by atoms with Crippen LogP contribution in [0.1, 0.15) is 0 Å². The van der Waals surface area contributed by atoms with Crippen LogP contribution >= 0.6 is 0 Å². The first-order valence-corrected chi connectivity index (χ1v) is 11.8. The maximum absolute atomic E-state index is 12.7. The SMILES string of the molecule is COc1cc(OC)cc(OCC(=O)N2CCN(c3ccc(-c4ccc5ccccc5c4)nn3)CC2)c1. The minimum Gasteiger partial charge on any atom is -0.496 e. The van der Waals surface area contributed by atoms with E-state index in [1.807, 2.05) is 29.2 Å². The van der Waals surface area contributed by atoms with Crippen LogP contribution in [0.2, 0.25) is 0 Å². The summed E-state index contributed by atoms with van der Waals surface area (Å²) in [5, 5.41) is 11.3. The van der Waals surface area contributed by atoms with Crippen LogP contribution in [0.4, 0.5) is 5.82 Å². The third-order valence-electron chi connectivity index (χ3n) is 6.34. The van der Waals surface area contributed by atoms with Gasteiger partial charge in [0.05, 0.1) is 19.9 Å². The predicted octanol–water partition coefficient (Wildman–Crippen LogP) is 4.04. The van der Waals surface area contributed by atoms with Crippen molar-refractivity contribution in [1.29, 1.82) is 0 Å². The number of hydrogen-bond donors (Lipinski definition) is 0. The van der Waals surface area contributed by atoms with Gasteiger partial charge in [0, 0.05) is 49.9 Å². The predicted molar refractivity (Wildman–Crippen MR) is 139 cm³/mol. The molecular formula is C28H28N4O4. The largest absolute Gasteiger partial charge is 0.496 e. The second-order valence-electron chi connectivity index (χ2n) is 8.54. The minimum absolute atomic E-state index is 0.0451. The van der Waals surface area contributed by atoms with Crippen molar-refractivity contribution in [2.75, 3.05) is 51.9 Å². The van der Waals surface area contributed by atoms with Crippen LogP contribution < -0.4 is 19.1 Å². The number of ether oxygens (including phenoxy) is 3. The topological polar surface area (TPSA) is 77.0 Å². The molecule has 36 heavy (non-hydrogen) atoms. The third-order valence-corrected chi connectivity index (χ3v) is 6.34. The summed E-state index contributed by atoms with van der Waals surface area (Å²) in [6.45, 7) is 2.51. The van der Waals surface area contributed by atoms with Crippen molar-refractivity contribution in [2.45, 2.75) is 0 Å². The highest BCUT2D eigenvalue weighted by atomic mass is 16.5. The quantitative estimate of drug-likeness (QED) is 0.392. The fourth-order valence-electron chi connectivity index (χ4n) is 4.28. The number of carbonyl (C=O) groups is 1. The molecule has 0 radical (unpaired) electrons. The molecule has 2 heterocycles. The van der Waals surface area contributed by atoms with Gasteiger partial charge in [-0.3, -0.25) is 4.79 Å². The molecule has 5 rings (SSSR count). The number of aromatic nitrogens is 2. The molecule has 1 aliphatic heterocycles. The Labute approximate surface area is 210 Å². The number of hydrogen-bond acceptors (Lipinski definition) is 7. The van der Waals surface area contributed by atoms with Gasteiger partial charge in [-0.1, -0.05) is 36.4 Å². The van der Waals surface area contributed by atoms with Crippen LogP contribution in [0, 0.1) is 0 Å². The molecule has 1 saturated heterocycles. The fraction of sp³-hybridized carbons (Fsp3) is 0.250. The van der Waals surface area contributed by atoms with E-state index in [1.165, 1.54) is 10.8 Å². The summed E-state index contributed by atoms with van der Waals surface area (Å²) in [6.07, 6.45) is 0. The number of rotatable bonds is 7. The van der Waals surface area contributed by atoms with Gasteiger partial charge in [0.2, 0.25) is 0 Å². The lowest BCUT2D eigenvalue weighted by Gasteiger charge is -2.35. The first kappa shape index (κ1) is 23.4. The van der Waals surface area contributed by atoms with E-state index in [9.17, 15) is 4.79 Å². The van der Waals surface area contributed by atoms with Gasteiger partial charge < -0.3 is 24.0 Å². The fourth-order valence-corrected chi connectivity index (χ4v) is 4.28. The maximum Gasteiger partial charge on any atom is 0.260 e. The van der Waals surface area contributed by atoms with E-state index in [0.717, 1.165) is 17.1 Å². The Morgan fingerprint density at radius 2 is 1.47 bits per heavy atom. The second-order valence-corrected chi connectivity index (χ2v) is 8.54. The highest BCUT2D eigenvalue weighted by molar-refractivity contribution is 5.86. The van der Waals surface area contributed by atoms with Crippen molar-refractivity contribution in [2.24, 2.45) is 0 Å². The molecule has 1 amide bonds. The molecule has 0 aliphatic carbocycles. The van der Waals surface area contributed by atoms with E-state index in [0.29, 0.717) is 43.4 Å². The first-order chi connectivity index (χ1) is 17.6. The number of piperazine rings is 1. The Hall–Kier alpha value is -4.33. The van der Waals surface area contributed by atoms with Gasteiger partial charge in [-0.05, 0) is 29.0 Å². The smallest absolute Gasteiger partial charge is 0.260 e. The second kappa shape index (κ2) is 10.5. The summed E-state index contributed by atoms with van der Waals surface area (Å²) < 4.78 is 16.2. The van der Waals surface area contributed by atoms with Crippen LogP contribution in [0.15, 0.2) is 72.8 Å². The molecule has 3 aromatic carbocycles. The van der Waals surface area contributed by atoms with Gasteiger partial charge in [-0.15, -0.1) is 10.2 Å².